The van der Waals surface area contributed by atoms with Gasteiger partial charge in [0.2, 0.25) is 10.0 Å². The number of sulfonamides is 1. The quantitative estimate of drug-likeness (QED) is 0.454. The van der Waals surface area contributed by atoms with Crippen LogP contribution >= 0.6 is 0 Å². The van der Waals surface area contributed by atoms with Crippen molar-refractivity contribution in [3.05, 3.63) is 63.7 Å². The van der Waals surface area contributed by atoms with Crippen LogP contribution in [0.1, 0.15) is 11.1 Å². The summed E-state index contributed by atoms with van der Waals surface area (Å²) in [6.45, 7) is 4.16. The van der Waals surface area contributed by atoms with Crippen molar-refractivity contribution in [2.24, 2.45) is 0 Å². The minimum Gasteiger partial charge on any atom is -0.384 e. The van der Waals surface area contributed by atoms with Crippen LogP contribution in [0.15, 0.2) is 47.4 Å². The Bertz CT molecular complexity index is 833. The highest BCUT2D eigenvalue weighted by atomic mass is 32.2. The van der Waals surface area contributed by atoms with Gasteiger partial charge in [-0.15, -0.1) is 0 Å². The third-order valence-electron chi connectivity index (χ3n) is 3.46. The molecular weight excluding hydrogens is 330 g/mol. The topological polar surface area (TPSA) is 101 Å². The summed E-state index contributed by atoms with van der Waals surface area (Å²) < 4.78 is 27.2. The molecule has 8 heteroatoms. The average molecular weight is 349 g/mol. The second-order valence-electron chi connectivity index (χ2n) is 5.40. The van der Waals surface area contributed by atoms with E-state index < -0.39 is 14.9 Å². The highest BCUT2D eigenvalue weighted by Gasteiger charge is 2.16. The van der Waals surface area contributed by atoms with Crippen LogP contribution in [-0.4, -0.2) is 26.4 Å². The van der Waals surface area contributed by atoms with Gasteiger partial charge in [-0.3, -0.25) is 10.1 Å². The molecule has 24 heavy (non-hydrogen) atoms. The van der Waals surface area contributed by atoms with Crippen molar-refractivity contribution >= 4 is 21.4 Å². The number of benzene rings is 2. The standard InChI is InChI=1S/C16H19N3O4S/c1-12-3-4-13(2)16(11-12)24(22,23)18-10-9-17-14-5-7-15(8-6-14)19(20)21/h3-8,11,17-18H,9-10H2,1-2H3. The maximum atomic E-state index is 12.3. The molecule has 2 N–H and O–H groups in total. The number of nitrogens with one attached hydrogen (secondary N) is 2. The molecule has 2 aromatic rings. The van der Waals surface area contributed by atoms with Crippen molar-refractivity contribution in [1.29, 1.82) is 0 Å². The Morgan fingerprint density at radius 3 is 2.33 bits per heavy atom. The summed E-state index contributed by atoms with van der Waals surface area (Å²) in [5.74, 6) is 0. The van der Waals surface area contributed by atoms with Crippen LogP contribution in [0.2, 0.25) is 0 Å². The van der Waals surface area contributed by atoms with E-state index in [2.05, 4.69) is 10.0 Å². The predicted molar refractivity (Wildman–Crippen MR) is 92.7 cm³/mol. The molecule has 0 aliphatic heterocycles. The van der Waals surface area contributed by atoms with Crippen LogP contribution in [-0.2, 0) is 10.0 Å². The molecule has 0 bridgehead atoms. The van der Waals surface area contributed by atoms with Gasteiger partial charge in [0.15, 0.2) is 0 Å². The van der Waals surface area contributed by atoms with Crippen molar-refractivity contribution in [1.82, 2.24) is 4.72 Å². The Labute approximate surface area is 140 Å². The average Bonchev–Trinajstić information content (AvgIpc) is 2.54. The van der Waals surface area contributed by atoms with Crippen LogP contribution in [0.4, 0.5) is 11.4 Å². The van der Waals surface area contributed by atoms with Crippen LogP contribution < -0.4 is 10.0 Å². The fourth-order valence-corrected chi connectivity index (χ4v) is 3.53. The lowest BCUT2D eigenvalue weighted by Gasteiger charge is -2.11. The molecule has 2 rings (SSSR count). The van der Waals surface area contributed by atoms with E-state index in [4.69, 9.17) is 0 Å². The van der Waals surface area contributed by atoms with Crippen molar-refractivity contribution in [2.45, 2.75) is 18.7 Å². The van der Waals surface area contributed by atoms with Gasteiger partial charge in [0.25, 0.3) is 5.69 Å². The zero-order valence-electron chi connectivity index (χ0n) is 13.4. The van der Waals surface area contributed by atoms with Crippen LogP contribution in [0.25, 0.3) is 0 Å². The van der Waals surface area contributed by atoms with E-state index in [1.54, 1.807) is 31.2 Å². The number of non-ortho nitro benzene ring substituents is 1. The summed E-state index contributed by atoms with van der Waals surface area (Å²) in [4.78, 5) is 10.4. The van der Waals surface area contributed by atoms with E-state index in [1.165, 1.54) is 12.1 Å². The second-order valence-corrected chi connectivity index (χ2v) is 7.13. The molecule has 0 unspecified atom stereocenters. The summed E-state index contributed by atoms with van der Waals surface area (Å²) in [7, 11) is -3.57. The van der Waals surface area contributed by atoms with Gasteiger partial charge in [-0.1, -0.05) is 12.1 Å². The van der Waals surface area contributed by atoms with Crippen LogP contribution in [0, 0.1) is 24.0 Å². The van der Waals surface area contributed by atoms with Crippen molar-refractivity contribution in [2.75, 3.05) is 18.4 Å². The van der Waals surface area contributed by atoms with E-state index in [0.717, 1.165) is 5.56 Å². The van der Waals surface area contributed by atoms with Gasteiger partial charge in [0, 0.05) is 30.9 Å². The molecule has 7 nitrogen and oxygen atoms in total. The predicted octanol–water partition coefficient (Wildman–Crippen LogP) is 2.60. The summed E-state index contributed by atoms with van der Waals surface area (Å²) in [6, 6.07) is 11.2. The van der Waals surface area contributed by atoms with Gasteiger partial charge in [-0.25, -0.2) is 13.1 Å². The molecule has 2 aromatic carbocycles. The molecule has 0 heterocycles. The molecule has 0 spiro atoms. The van der Waals surface area contributed by atoms with Gasteiger partial charge in [-0.2, -0.15) is 0 Å². The molecule has 0 saturated heterocycles. The maximum Gasteiger partial charge on any atom is 0.269 e. The first-order valence-electron chi connectivity index (χ1n) is 7.35. The third kappa shape index (κ3) is 4.53. The number of rotatable bonds is 7. The van der Waals surface area contributed by atoms with Gasteiger partial charge in [-0.05, 0) is 43.2 Å². The van der Waals surface area contributed by atoms with E-state index in [9.17, 15) is 18.5 Å². The summed E-state index contributed by atoms with van der Waals surface area (Å²) in [6.07, 6.45) is 0. The molecule has 0 fully saturated rings. The number of anilines is 1. The number of hydrogen-bond donors (Lipinski definition) is 2. The second kappa shape index (κ2) is 7.41. The lowest BCUT2D eigenvalue weighted by Crippen LogP contribution is -2.29. The van der Waals surface area contributed by atoms with Crippen molar-refractivity contribution in [3.63, 3.8) is 0 Å². The number of nitrogens with zero attached hydrogens (tertiary/aromatic N) is 1. The van der Waals surface area contributed by atoms with Gasteiger partial charge < -0.3 is 5.32 Å². The Morgan fingerprint density at radius 2 is 1.71 bits per heavy atom. The molecule has 128 valence electrons. The van der Waals surface area contributed by atoms with Crippen LogP contribution in [0.3, 0.4) is 0 Å². The van der Waals surface area contributed by atoms with Gasteiger partial charge in [0.1, 0.15) is 0 Å². The number of hydrogen-bond acceptors (Lipinski definition) is 5. The van der Waals surface area contributed by atoms with E-state index in [-0.39, 0.29) is 17.1 Å². The van der Waals surface area contributed by atoms with Crippen molar-refractivity contribution in [3.8, 4) is 0 Å². The highest BCUT2D eigenvalue weighted by molar-refractivity contribution is 7.89. The Morgan fingerprint density at radius 1 is 1.04 bits per heavy atom. The molecular formula is C16H19N3O4S. The van der Waals surface area contributed by atoms with Gasteiger partial charge >= 0.3 is 0 Å². The minimum atomic E-state index is -3.57. The first kappa shape index (κ1) is 17.9. The molecule has 0 saturated carbocycles. The highest BCUT2D eigenvalue weighted by Crippen LogP contribution is 2.17. The van der Waals surface area contributed by atoms with E-state index in [0.29, 0.717) is 17.8 Å². The van der Waals surface area contributed by atoms with Crippen molar-refractivity contribution < 1.29 is 13.3 Å². The normalized spacial score (nSPS) is 11.2. The molecule has 0 atom stereocenters. The summed E-state index contributed by atoms with van der Waals surface area (Å²) in [5.41, 5.74) is 2.27. The fraction of sp³-hybridized carbons (Fsp3) is 0.250. The largest absolute Gasteiger partial charge is 0.384 e. The number of nitro benzene ring substituents is 1. The molecule has 0 amide bonds. The fourth-order valence-electron chi connectivity index (χ4n) is 2.17. The molecule has 0 aliphatic rings. The minimum absolute atomic E-state index is 0.0103. The van der Waals surface area contributed by atoms with Gasteiger partial charge in [0.05, 0.1) is 9.82 Å². The number of nitro groups is 1. The summed E-state index contributed by atoms with van der Waals surface area (Å²) >= 11 is 0. The molecule has 0 aliphatic carbocycles. The Balaban J connectivity index is 1.91. The summed E-state index contributed by atoms with van der Waals surface area (Å²) in [5, 5.41) is 13.6. The van der Waals surface area contributed by atoms with E-state index in [1.807, 2.05) is 13.0 Å². The zero-order valence-corrected chi connectivity index (χ0v) is 14.3. The lowest BCUT2D eigenvalue weighted by atomic mass is 10.2. The maximum absolute atomic E-state index is 12.3. The first-order valence-corrected chi connectivity index (χ1v) is 8.83. The lowest BCUT2D eigenvalue weighted by molar-refractivity contribution is -0.384. The SMILES string of the molecule is Cc1ccc(C)c(S(=O)(=O)NCCNc2ccc([N+](=O)[O-])cc2)c1. The third-order valence-corrected chi connectivity index (χ3v) is 5.06. The number of aryl methyl sites for hydroxylation is 2. The smallest absolute Gasteiger partial charge is 0.269 e. The van der Waals surface area contributed by atoms with E-state index >= 15 is 0 Å². The first-order chi connectivity index (χ1) is 11.3. The molecule has 0 aromatic heterocycles. The molecule has 0 radical (unpaired) electrons. The monoisotopic (exact) mass is 349 g/mol. The van der Waals surface area contributed by atoms with Crippen LogP contribution in [0.5, 0.6) is 0 Å². The Kier molecular flexibility index (Phi) is 5.53. The zero-order chi connectivity index (χ0) is 17.7. The Hall–Kier alpha value is -2.45.